The fraction of sp³-hybridized carbons (Fsp3) is 0.381. The van der Waals surface area contributed by atoms with Gasteiger partial charge in [-0.1, -0.05) is 63.1 Å². The number of aromatic carboxylic acids is 1. The molecular weight excluding hydrogens is 737 g/mol. The van der Waals surface area contributed by atoms with Gasteiger partial charge in [0.2, 0.25) is 10.0 Å². The Morgan fingerprint density at radius 3 is 1.27 bits per heavy atom. The maximum atomic E-state index is 12.4. The first-order chi connectivity index (χ1) is 25.6. The Morgan fingerprint density at radius 2 is 0.927 bits per heavy atom. The van der Waals surface area contributed by atoms with E-state index in [1.54, 1.807) is 48.5 Å². The Labute approximate surface area is 326 Å². The van der Waals surface area contributed by atoms with Gasteiger partial charge >= 0.3 is 5.97 Å². The number of aryl methyl sites for hydroxylation is 2. The van der Waals surface area contributed by atoms with E-state index in [0.717, 1.165) is 61.5 Å². The molecule has 0 radical (unpaired) electrons. The van der Waals surface area contributed by atoms with E-state index >= 15 is 0 Å². The Morgan fingerprint density at radius 1 is 0.582 bits per heavy atom. The van der Waals surface area contributed by atoms with E-state index < -0.39 is 31.9 Å². The number of nitrogens with two attached hydrogens (primary N) is 1. The summed E-state index contributed by atoms with van der Waals surface area (Å²) in [5, 5.41) is 13.7. The molecule has 0 aliphatic carbocycles. The van der Waals surface area contributed by atoms with Crippen molar-refractivity contribution in [3.63, 3.8) is 0 Å². The summed E-state index contributed by atoms with van der Waals surface area (Å²) < 4.78 is 48.3. The predicted octanol–water partition coefficient (Wildman–Crippen LogP) is 7.39. The molecule has 2 aliphatic rings. The van der Waals surface area contributed by atoms with Gasteiger partial charge in [0.15, 0.2) is 0 Å². The van der Waals surface area contributed by atoms with Crippen molar-refractivity contribution in [2.45, 2.75) is 77.0 Å². The summed E-state index contributed by atoms with van der Waals surface area (Å²) in [4.78, 5) is 28.0. The molecule has 2 aliphatic heterocycles. The van der Waals surface area contributed by atoms with Crippen molar-refractivity contribution in [1.29, 1.82) is 0 Å². The minimum Gasteiger partial charge on any atom is -0.478 e. The Kier molecular flexibility index (Phi) is 13.9. The Hall–Kier alpha value is -4.72. The number of hydrogen-bond acceptors (Lipinski definition) is 8. The van der Waals surface area contributed by atoms with Gasteiger partial charge in [-0.15, -0.1) is 0 Å². The number of carbonyl (C=O) groups is 2. The van der Waals surface area contributed by atoms with Gasteiger partial charge < -0.3 is 14.9 Å². The normalized spacial score (nSPS) is 16.4. The van der Waals surface area contributed by atoms with Crippen LogP contribution in [0.4, 0.5) is 11.4 Å². The molecule has 0 saturated carbocycles. The lowest BCUT2D eigenvalue weighted by molar-refractivity contribution is 0.0696. The fourth-order valence-electron chi connectivity index (χ4n) is 6.06. The molecule has 11 nitrogen and oxygen atoms in total. The molecule has 0 aromatic heterocycles. The fourth-order valence-corrected chi connectivity index (χ4v) is 7.55. The second-order valence-electron chi connectivity index (χ2n) is 15.8. The van der Waals surface area contributed by atoms with Crippen LogP contribution >= 0.6 is 0 Å². The number of benzene rings is 4. The zero-order valence-electron chi connectivity index (χ0n) is 32.6. The summed E-state index contributed by atoms with van der Waals surface area (Å²) in [6.07, 6.45) is 4.63. The molecule has 4 N–H and O–H groups in total. The molecular formula is C42H54N4O7S2. The SMILES string of the molecule is CC1(C)CCN(c2ccc(C(=O)O)cc2)CC1.Cc1ccc(S(=O)(=O)NC(=O)c2ccc(N3CCC(C)(C)CC3)cc2)cc1.Cc1ccc(S(N)(=O)=O)cc1. The van der Waals surface area contributed by atoms with Gasteiger partial charge in [0.25, 0.3) is 15.9 Å². The Bertz CT molecular complexity index is 2110. The first-order valence-corrected chi connectivity index (χ1v) is 21.3. The number of primary sulfonamides is 1. The molecule has 2 fully saturated rings. The molecule has 0 unspecified atom stereocenters. The van der Waals surface area contributed by atoms with Crippen LogP contribution in [-0.4, -0.2) is 60.0 Å². The van der Waals surface area contributed by atoms with Gasteiger partial charge in [0.1, 0.15) is 0 Å². The first-order valence-electron chi connectivity index (χ1n) is 18.3. The number of sulfonamides is 2. The molecule has 0 spiro atoms. The molecule has 0 bridgehead atoms. The smallest absolute Gasteiger partial charge is 0.335 e. The highest BCUT2D eigenvalue weighted by molar-refractivity contribution is 7.90. The summed E-state index contributed by atoms with van der Waals surface area (Å²) in [5.41, 5.74) is 5.65. The van der Waals surface area contributed by atoms with Gasteiger partial charge in [-0.2, -0.15) is 0 Å². The highest BCUT2D eigenvalue weighted by atomic mass is 32.2. The average Bonchev–Trinajstić information content (AvgIpc) is 3.12. The van der Waals surface area contributed by atoms with Crippen LogP contribution in [0.25, 0.3) is 0 Å². The monoisotopic (exact) mass is 790 g/mol. The number of anilines is 2. The van der Waals surface area contributed by atoms with Crippen LogP contribution in [0.3, 0.4) is 0 Å². The van der Waals surface area contributed by atoms with E-state index in [0.29, 0.717) is 22.0 Å². The van der Waals surface area contributed by atoms with Crippen molar-refractivity contribution in [2.75, 3.05) is 36.0 Å². The summed E-state index contributed by atoms with van der Waals surface area (Å²) in [7, 11) is -7.40. The lowest BCUT2D eigenvalue weighted by Gasteiger charge is -2.38. The van der Waals surface area contributed by atoms with E-state index in [1.807, 2.05) is 38.1 Å². The van der Waals surface area contributed by atoms with Crippen molar-refractivity contribution >= 4 is 43.3 Å². The standard InChI is InChI=1S/C21H26N2O3S.C14H19NO2.C7H9NO2S/c1-16-4-10-19(11-5-16)27(25,26)22-20(24)17-6-8-18(9-7-17)23-14-12-21(2,3)13-15-23;1-14(2)7-9-15(10-8-14)12-5-3-11(4-6-12)13(16)17;1-6-2-4-7(5-3-6)11(8,9)10/h4-11H,12-15H2,1-3H3,(H,22,24);3-6H,7-10H2,1-2H3,(H,16,17);2-5H,1H3,(H2,8,9,10). The second kappa shape index (κ2) is 17.8. The number of rotatable bonds is 7. The van der Waals surface area contributed by atoms with Crippen molar-refractivity contribution < 1.29 is 31.5 Å². The number of amides is 1. The minimum absolute atomic E-state index is 0.0778. The lowest BCUT2D eigenvalue weighted by Crippen LogP contribution is -2.37. The van der Waals surface area contributed by atoms with Gasteiger partial charge in [-0.05, 0) is 123 Å². The average molecular weight is 791 g/mol. The van der Waals surface area contributed by atoms with Gasteiger partial charge in [-0.25, -0.2) is 31.5 Å². The maximum absolute atomic E-state index is 12.4. The van der Waals surface area contributed by atoms with Crippen LogP contribution in [0.15, 0.2) is 107 Å². The van der Waals surface area contributed by atoms with Crippen LogP contribution in [-0.2, 0) is 20.0 Å². The van der Waals surface area contributed by atoms with Crippen LogP contribution in [0.2, 0.25) is 0 Å². The van der Waals surface area contributed by atoms with E-state index in [9.17, 15) is 26.4 Å². The second-order valence-corrected chi connectivity index (χ2v) is 19.1. The van der Waals surface area contributed by atoms with Crippen molar-refractivity contribution in [3.05, 3.63) is 119 Å². The molecule has 4 aromatic rings. The molecule has 13 heteroatoms. The predicted molar refractivity (Wildman–Crippen MR) is 219 cm³/mol. The number of nitrogens with zero attached hydrogens (tertiary/aromatic N) is 2. The largest absolute Gasteiger partial charge is 0.478 e. The highest BCUT2D eigenvalue weighted by Gasteiger charge is 2.27. The number of hydrogen-bond donors (Lipinski definition) is 3. The number of carboxylic acid groups (broad SMARTS) is 1. The van der Waals surface area contributed by atoms with E-state index in [2.05, 4.69) is 42.2 Å². The molecule has 55 heavy (non-hydrogen) atoms. The highest BCUT2D eigenvalue weighted by Crippen LogP contribution is 2.33. The topological polar surface area (TPSA) is 167 Å². The van der Waals surface area contributed by atoms with Crippen LogP contribution in [0.5, 0.6) is 0 Å². The molecule has 1 amide bonds. The van der Waals surface area contributed by atoms with Crippen molar-refractivity contribution in [2.24, 2.45) is 16.0 Å². The third-order valence-electron chi connectivity index (χ3n) is 10.1. The zero-order valence-corrected chi connectivity index (χ0v) is 34.2. The van der Waals surface area contributed by atoms with Gasteiger partial charge in [0, 0.05) is 43.1 Å². The van der Waals surface area contributed by atoms with Crippen molar-refractivity contribution in [3.8, 4) is 0 Å². The van der Waals surface area contributed by atoms with Crippen LogP contribution < -0.4 is 19.7 Å². The van der Waals surface area contributed by atoms with E-state index in [4.69, 9.17) is 10.2 Å². The summed E-state index contributed by atoms with van der Waals surface area (Å²) in [6, 6.07) is 27.1. The van der Waals surface area contributed by atoms with E-state index in [-0.39, 0.29) is 9.79 Å². The van der Waals surface area contributed by atoms with Crippen LogP contribution in [0, 0.1) is 24.7 Å². The van der Waals surface area contributed by atoms with E-state index in [1.165, 1.54) is 37.1 Å². The quantitative estimate of drug-likeness (QED) is 0.173. The number of piperidine rings is 2. The molecule has 2 heterocycles. The van der Waals surface area contributed by atoms with Crippen molar-refractivity contribution in [1.82, 2.24) is 4.72 Å². The molecule has 4 aromatic carbocycles. The van der Waals surface area contributed by atoms with Gasteiger partial charge in [0.05, 0.1) is 15.4 Å². The number of carboxylic acids is 1. The molecule has 0 atom stereocenters. The molecule has 296 valence electrons. The summed E-state index contributed by atoms with van der Waals surface area (Å²) in [6.45, 7) is 17.0. The lowest BCUT2D eigenvalue weighted by atomic mass is 9.82. The third-order valence-corrected chi connectivity index (χ3v) is 12.4. The van der Waals surface area contributed by atoms with Gasteiger partial charge in [-0.3, -0.25) is 4.79 Å². The number of carbonyl (C=O) groups excluding carboxylic acids is 1. The van der Waals surface area contributed by atoms with Crippen LogP contribution in [0.1, 0.15) is 85.2 Å². The number of nitrogens with one attached hydrogen (secondary N) is 1. The Balaban J connectivity index is 0.000000204. The maximum Gasteiger partial charge on any atom is 0.335 e. The molecule has 6 rings (SSSR count). The summed E-state index contributed by atoms with van der Waals surface area (Å²) in [5.74, 6) is -1.49. The summed E-state index contributed by atoms with van der Waals surface area (Å²) >= 11 is 0. The zero-order chi connectivity index (χ0) is 40.6. The minimum atomic E-state index is -3.88. The third kappa shape index (κ3) is 12.9. The molecule has 2 saturated heterocycles. The first kappa shape index (κ1) is 43.0.